The molecule has 0 bridgehead atoms. The van der Waals surface area contributed by atoms with E-state index >= 15 is 0 Å². The van der Waals surface area contributed by atoms with Crippen LogP contribution < -0.4 is 4.90 Å². The van der Waals surface area contributed by atoms with Gasteiger partial charge in [-0.2, -0.15) is 4.98 Å². The Hall–Kier alpha value is -0.900. The molecule has 0 aliphatic rings. The second kappa shape index (κ2) is 5.85. The van der Waals surface area contributed by atoms with E-state index < -0.39 is 5.82 Å². The van der Waals surface area contributed by atoms with Crippen molar-refractivity contribution < 1.29 is 4.39 Å². The SMILES string of the molecule is CCCCCN(C)c1nc(Cl)ncc1F. The summed E-state index contributed by atoms with van der Waals surface area (Å²) in [6, 6.07) is 0. The van der Waals surface area contributed by atoms with Crippen molar-refractivity contribution in [3.63, 3.8) is 0 Å². The third kappa shape index (κ3) is 3.63. The van der Waals surface area contributed by atoms with Gasteiger partial charge in [0.2, 0.25) is 5.28 Å². The number of anilines is 1. The molecule has 0 unspecified atom stereocenters. The van der Waals surface area contributed by atoms with Crippen LogP contribution in [0.2, 0.25) is 5.28 Å². The average Bonchev–Trinajstić information content (AvgIpc) is 2.22. The van der Waals surface area contributed by atoms with Gasteiger partial charge in [-0.1, -0.05) is 19.8 Å². The van der Waals surface area contributed by atoms with E-state index in [1.54, 1.807) is 11.9 Å². The molecule has 0 N–H and O–H groups in total. The van der Waals surface area contributed by atoms with Crippen molar-refractivity contribution in [2.45, 2.75) is 26.2 Å². The molecule has 0 fully saturated rings. The topological polar surface area (TPSA) is 29.0 Å². The zero-order valence-corrected chi connectivity index (χ0v) is 9.76. The highest BCUT2D eigenvalue weighted by atomic mass is 35.5. The molecule has 15 heavy (non-hydrogen) atoms. The summed E-state index contributed by atoms with van der Waals surface area (Å²) in [5, 5.41) is 0.0775. The van der Waals surface area contributed by atoms with Crippen LogP contribution in [0, 0.1) is 5.82 Å². The van der Waals surface area contributed by atoms with Gasteiger partial charge in [0.05, 0.1) is 6.20 Å². The van der Waals surface area contributed by atoms with Gasteiger partial charge < -0.3 is 4.90 Å². The maximum Gasteiger partial charge on any atom is 0.224 e. The average molecular weight is 232 g/mol. The first-order valence-electron chi connectivity index (χ1n) is 5.04. The van der Waals surface area contributed by atoms with Crippen LogP contribution in [0.25, 0.3) is 0 Å². The smallest absolute Gasteiger partial charge is 0.224 e. The van der Waals surface area contributed by atoms with E-state index in [-0.39, 0.29) is 11.1 Å². The molecule has 3 nitrogen and oxygen atoms in total. The van der Waals surface area contributed by atoms with Crippen molar-refractivity contribution in [1.29, 1.82) is 0 Å². The molecule has 1 aromatic heterocycles. The molecule has 0 saturated heterocycles. The first kappa shape index (κ1) is 12.2. The molecule has 0 spiro atoms. The number of unbranched alkanes of at least 4 members (excludes halogenated alkanes) is 2. The van der Waals surface area contributed by atoms with Gasteiger partial charge >= 0.3 is 0 Å². The Morgan fingerprint density at radius 3 is 2.87 bits per heavy atom. The van der Waals surface area contributed by atoms with E-state index in [1.165, 1.54) is 0 Å². The van der Waals surface area contributed by atoms with Crippen molar-refractivity contribution in [1.82, 2.24) is 9.97 Å². The first-order valence-corrected chi connectivity index (χ1v) is 5.42. The molecule has 0 aliphatic heterocycles. The minimum atomic E-state index is -0.432. The van der Waals surface area contributed by atoms with Gasteiger partial charge in [0.25, 0.3) is 0 Å². The third-order valence-electron chi connectivity index (χ3n) is 2.15. The number of nitrogens with zero attached hydrogens (tertiary/aromatic N) is 3. The van der Waals surface area contributed by atoms with Crippen molar-refractivity contribution in [3.8, 4) is 0 Å². The molecule has 0 saturated carbocycles. The molecule has 0 aliphatic carbocycles. The quantitative estimate of drug-likeness (QED) is 0.576. The predicted octanol–water partition coefficient (Wildman–Crippen LogP) is 2.90. The van der Waals surface area contributed by atoms with E-state index in [9.17, 15) is 4.39 Å². The molecule has 1 heterocycles. The summed E-state index contributed by atoms with van der Waals surface area (Å²) >= 11 is 5.61. The van der Waals surface area contributed by atoms with Gasteiger partial charge in [0, 0.05) is 13.6 Å². The summed E-state index contributed by atoms with van der Waals surface area (Å²) in [5.41, 5.74) is 0. The second-order valence-corrected chi connectivity index (χ2v) is 3.78. The van der Waals surface area contributed by atoms with Crippen LogP contribution in [-0.4, -0.2) is 23.6 Å². The van der Waals surface area contributed by atoms with Crippen molar-refractivity contribution in [3.05, 3.63) is 17.3 Å². The fraction of sp³-hybridized carbons (Fsp3) is 0.600. The molecule has 0 aromatic carbocycles. The van der Waals surface area contributed by atoms with Crippen LogP contribution in [-0.2, 0) is 0 Å². The lowest BCUT2D eigenvalue weighted by Gasteiger charge is -2.18. The number of aromatic nitrogens is 2. The van der Waals surface area contributed by atoms with Crippen LogP contribution in [0.4, 0.5) is 10.2 Å². The highest BCUT2D eigenvalue weighted by Gasteiger charge is 2.10. The van der Waals surface area contributed by atoms with Crippen LogP contribution >= 0.6 is 11.6 Å². The summed E-state index contributed by atoms with van der Waals surface area (Å²) in [6.07, 6.45) is 4.39. The Morgan fingerprint density at radius 2 is 2.20 bits per heavy atom. The Kier molecular flexibility index (Phi) is 4.75. The van der Waals surface area contributed by atoms with E-state index in [0.29, 0.717) is 0 Å². The lowest BCUT2D eigenvalue weighted by atomic mass is 10.2. The lowest BCUT2D eigenvalue weighted by molar-refractivity contribution is 0.602. The van der Waals surface area contributed by atoms with E-state index in [4.69, 9.17) is 11.6 Å². The molecule has 84 valence electrons. The zero-order valence-electron chi connectivity index (χ0n) is 9.00. The van der Waals surface area contributed by atoms with Crippen LogP contribution in [0.5, 0.6) is 0 Å². The predicted molar refractivity (Wildman–Crippen MR) is 59.8 cm³/mol. The summed E-state index contributed by atoms with van der Waals surface area (Å²) in [5.74, 6) is -0.162. The molecule has 0 radical (unpaired) electrons. The minimum absolute atomic E-state index is 0.0775. The van der Waals surface area contributed by atoms with E-state index in [0.717, 1.165) is 32.0 Å². The third-order valence-corrected chi connectivity index (χ3v) is 2.34. The van der Waals surface area contributed by atoms with Crippen molar-refractivity contribution in [2.75, 3.05) is 18.5 Å². The normalized spacial score (nSPS) is 10.4. The molecular weight excluding hydrogens is 217 g/mol. The number of halogens is 2. The molecule has 0 atom stereocenters. The fourth-order valence-electron chi connectivity index (χ4n) is 1.31. The maximum absolute atomic E-state index is 13.3. The van der Waals surface area contributed by atoms with Crippen LogP contribution in [0.15, 0.2) is 6.20 Å². The monoisotopic (exact) mass is 231 g/mol. The van der Waals surface area contributed by atoms with Gasteiger partial charge in [-0.3, -0.25) is 0 Å². The minimum Gasteiger partial charge on any atom is -0.357 e. The molecular formula is C10H15ClFN3. The second-order valence-electron chi connectivity index (χ2n) is 3.44. The van der Waals surface area contributed by atoms with Crippen molar-refractivity contribution in [2.24, 2.45) is 0 Å². The van der Waals surface area contributed by atoms with Gasteiger partial charge in [-0.05, 0) is 18.0 Å². The zero-order chi connectivity index (χ0) is 11.3. The molecule has 5 heteroatoms. The van der Waals surface area contributed by atoms with E-state index in [1.807, 2.05) is 0 Å². The van der Waals surface area contributed by atoms with Gasteiger partial charge in [0.15, 0.2) is 11.6 Å². The van der Waals surface area contributed by atoms with E-state index in [2.05, 4.69) is 16.9 Å². The van der Waals surface area contributed by atoms with Crippen LogP contribution in [0.3, 0.4) is 0 Å². The van der Waals surface area contributed by atoms with Gasteiger partial charge in [-0.25, -0.2) is 9.37 Å². The standard InChI is InChI=1S/C10H15ClFN3/c1-3-4-5-6-15(2)9-8(12)7-13-10(11)14-9/h7H,3-6H2,1-2H3. The number of hydrogen-bond donors (Lipinski definition) is 0. The van der Waals surface area contributed by atoms with Crippen molar-refractivity contribution >= 4 is 17.4 Å². The summed E-state index contributed by atoms with van der Waals surface area (Å²) in [6.45, 7) is 2.90. The summed E-state index contributed by atoms with van der Waals surface area (Å²) in [7, 11) is 1.80. The highest BCUT2D eigenvalue weighted by Crippen LogP contribution is 2.16. The highest BCUT2D eigenvalue weighted by molar-refractivity contribution is 6.28. The molecule has 1 rings (SSSR count). The summed E-state index contributed by atoms with van der Waals surface area (Å²) in [4.78, 5) is 9.19. The maximum atomic E-state index is 13.3. The Bertz CT molecular complexity index is 320. The van der Waals surface area contributed by atoms with Gasteiger partial charge in [-0.15, -0.1) is 0 Å². The first-order chi connectivity index (χ1) is 7.15. The van der Waals surface area contributed by atoms with Gasteiger partial charge in [0.1, 0.15) is 0 Å². The Balaban J connectivity index is 2.64. The molecule has 0 amide bonds. The fourth-order valence-corrected chi connectivity index (χ4v) is 1.44. The summed E-state index contributed by atoms with van der Waals surface area (Å²) < 4.78 is 13.3. The van der Waals surface area contributed by atoms with Crippen LogP contribution in [0.1, 0.15) is 26.2 Å². The number of hydrogen-bond acceptors (Lipinski definition) is 3. The number of rotatable bonds is 5. The lowest BCUT2D eigenvalue weighted by Crippen LogP contribution is -2.21. The Labute approximate surface area is 94.3 Å². The largest absolute Gasteiger partial charge is 0.357 e. The Morgan fingerprint density at radius 1 is 1.47 bits per heavy atom. The molecule has 1 aromatic rings.